The number of hydrogen-bond acceptors (Lipinski definition) is 4. The summed E-state index contributed by atoms with van der Waals surface area (Å²) < 4.78 is 25.6. The van der Waals surface area contributed by atoms with Crippen molar-refractivity contribution in [2.45, 2.75) is 11.8 Å². The van der Waals surface area contributed by atoms with Gasteiger partial charge in [-0.15, -0.1) is 0 Å². The minimum absolute atomic E-state index is 0.0226. The lowest BCUT2D eigenvalue weighted by molar-refractivity contribution is 0.101. The first-order chi connectivity index (χ1) is 11.6. The van der Waals surface area contributed by atoms with Gasteiger partial charge in [0.1, 0.15) is 4.90 Å². The Hall–Kier alpha value is -2.22. The first-order valence-corrected chi connectivity index (χ1v) is 9.10. The molecule has 132 valence electrons. The highest BCUT2D eigenvalue weighted by Gasteiger charge is 2.22. The van der Waals surface area contributed by atoms with Gasteiger partial charge in [-0.05, 0) is 37.3 Å². The SMILES string of the molecule is CC(=O)c1ccccc1NC(=O)c1ccc(Cl)c(S(=O)(=O)N(C)C)c1. The van der Waals surface area contributed by atoms with Gasteiger partial charge in [0, 0.05) is 25.2 Å². The van der Waals surface area contributed by atoms with Crippen LogP contribution >= 0.6 is 11.6 Å². The van der Waals surface area contributed by atoms with Crippen molar-refractivity contribution >= 4 is 39.0 Å². The maximum atomic E-state index is 12.5. The Balaban J connectivity index is 2.41. The lowest BCUT2D eigenvalue weighted by Crippen LogP contribution is -2.23. The maximum absolute atomic E-state index is 12.5. The molecule has 0 aromatic heterocycles. The van der Waals surface area contributed by atoms with Gasteiger partial charge in [0.25, 0.3) is 5.91 Å². The number of ketones is 1. The number of amides is 1. The molecule has 6 nitrogen and oxygen atoms in total. The normalized spacial score (nSPS) is 11.4. The van der Waals surface area contributed by atoms with Crippen LogP contribution in [-0.4, -0.2) is 38.5 Å². The van der Waals surface area contributed by atoms with E-state index < -0.39 is 15.9 Å². The third-order valence-corrected chi connectivity index (χ3v) is 5.80. The largest absolute Gasteiger partial charge is 0.321 e. The lowest BCUT2D eigenvalue weighted by Gasteiger charge is -2.14. The minimum Gasteiger partial charge on any atom is -0.321 e. The monoisotopic (exact) mass is 380 g/mol. The predicted molar refractivity (Wildman–Crippen MR) is 96.7 cm³/mol. The average molecular weight is 381 g/mol. The fraction of sp³-hybridized carbons (Fsp3) is 0.176. The summed E-state index contributed by atoms with van der Waals surface area (Å²) in [6, 6.07) is 10.6. The first kappa shape index (κ1) is 19.1. The molecule has 25 heavy (non-hydrogen) atoms. The van der Waals surface area contributed by atoms with Gasteiger partial charge in [0.05, 0.1) is 10.7 Å². The number of carbonyl (C=O) groups excluding carboxylic acids is 2. The summed E-state index contributed by atoms with van der Waals surface area (Å²) in [6.07, 6.45) is 0. The van der Waals surface area contributed by atoms with E-state index in [0.29, 0.717) is 11.3 Å². The third kappa shape index (κ3) is 4.07. The number of para-hydroxylation sites is 1. The molecule has 0 saturated carbocycles. The molecule has 1 amide bonds. The van der Waals surface area contributed by atoms with Gasteiger partial charge < -0.3 is 5.32 Å². The van der Waals surface area contributed by atoms with Crippen LogP contribution in [0.15, 0.2) is 47.4 Å². The maximum Gasteiger partial charge on any atom is 0.255 e. The second kappa shape index (κ2) is 7.35. The molecule has 0 unspecified atom stereocenters. The van der Waals surface area contributed by atoms with Crippen molar-refractivity contribution in [1.29, 1.82) is 0 Å². The predicted octanol–water partition coefficient (Wildman–Crippen LogP) is 3.05. The van der Waals surface area contributed by atoms with Crippen LogP contribution in [0.2, 0.25) is 5.02 Å². The number of nitrogens with one attached hydrogen (secondary N) is 1. The number of halogens is 1. The fourth-order valence-electron chi connectivity index (χ4n) is 2.13. The zero-order valence-electron chi connectivity index (χ0n) is 13.9. The number of anilines is 1. The van der Waals surface area contributed by atoms with Crippen LogP contribution in [-0.2, 0) is 10.0 Å². The van der Waals surface area contributed by atoms with E-state index in [1.807, 2.05) is 0 Å². The molecule has 0 spiro atoms. The number of nitrogens with zero attached hydrogens (tertiary/aromatic N) is 1. The summed E-state index contributed by atoms with van der Waals surface area (Å²) in [5.74, 6) is -0.733. The third-order valence-electron chi connectivity index (χ3n) is 3.51. The highest BCUT2D eigenvalue weighted by molar-refractivity contribution is 7.89. The number of carbonyl (C=O) groups is 2. The molecule has 2 rings (SSSR count). The van der Waals surface area contributed by atoms with Crippen molar-refractivity contribution in [1.82, 2.24) is 4.31 Å². The van der Waals surface area contributed by atoms with Crippen molar-refractivity contribution in [3.63, 3.8) is 0 Å². The molecule has 0 heterocycles. The van der Waals surface area contributed by atoms with Gasteiger partial charge in [-0.3, -0.25) is 9.59 Å². The number of Topliss-reactive ketones (excluding diaryl/α,β-unsaturated/α-hetero) is 1. The van der Waals surface area contributed by atoms with Gasteiger partial charge >= 0.3 is 0 Å². The summed E-state index contributed by atoms with van der Waals surface area (Å²) in [5, 5.41) is 2.65. The van der Waals surface area contributed by atoms with Crippen LogP contribution < -0.4 is 5.32 Å². The zero-order chi connectivity index (χ0) is 18.8. The number of sulfonamides is 1. The van der Waals surface area contributed by atoms with E-state index in [2.05, 4.69) is 5.32 Å². The van der Waals surface area contributed by atoms with E-state index in [1.54, 1.807) is 24.3 Å². The molecule has 0 aliphatic carbocycles. The van der Waals surface area contributed by atoms with Crippen molar-refractivity contribution in [3.8, 4) is 0 Å². The van der Waals surface area contributed by atoms with Crippen LogP contribution in [0.3, 0.4) is 0 Å². The zero-order valence-corrected chi connectivity index (χ0v) is 15.5. The molecule has 0 aliphatic heterocycles. The summed E-state index contributed by atoms with van der Waals surface area (Å²) in [5.41, 5.74) is 0.834. The summed E-state index contributed by atoms with van der Waals surface area (Å²) in [6.45, 7) is 1.40. The molecule has 8 heteroatoms. The first-order valence-electron chi connectivity index (χ1n) is 7.28. The van der Waals surface area contributed by atoms with Gasteiger partial charge in [-0.2, -0.15) is 0 Å². The molecule has 1 N–H and O–H groups in total. The van der Waals surface area contributed by atoms with E-state index in [0.717, 1.165) is 4.31 Å². The van der Waals surface area contributed by atoms with Crippen LogP contribution in [0.25, 0.3) is 0 Å². The molecular weight excluding hydrogens is 364 g/mol. The van der Waals surface area contributed by atoms with Crippen molar-refractivity contribution < 1.29 is 18.0 Å². The molecule has 0 bridgehead atoms. The van der Waals surface area contributed by atoms with Gasteiger partial charge in [0.15, 0.2) is 5.78 Å². The van der Waals surface area contributed by atoms with Gasteiger partial charge in [0.2, 0.25) is 10.0 Å². The van der Waals surface area contributed by atoms with Gasteiger partial charge in [-0.1, -0.05) is 23.7 Å². The quantitative estimate of drug-likeness (QED) is 0.808. The van der Waals surface area contributed by atoms with Crippen LogP contribution in [0.5, 0.6) is 0 Å². The van der Waals surface area contributed by atoms with Gasteiger partial charge in [-0.25, -0.2) is 12.7 Å². The van der Waals surface area contributed by atoms with Crippen molar-refractivity contribution in [3.05, 3.63) is 58.6 Å². The molecule has 0 saturated heterocycles. The van der Waals surface area contributed by atoms with Crippen molar-refractivity contribution in [2.75, 3.05) is 19.4 Å². The Labute approximate surface area is 151 Å². The molecule has 2 aromatic rings. The Morgan fingerprint density at radius 1 is 1.08 bits per heavy atom. The topological polar surface area (TPSA) is 83.5 Å². The lowest BCUT2D eigenvalue weighted by atomic mass is 10.1. The highest BCUT2D eigenvalue weighted by Crippen LogP contribution is 2.25. The summed E-state index contributed by atoms with van der Waals surface area (Å²) in [4.78, 5) is 24.0. The van der Waals surface area contributed by atoms with E-state index >= 15 is 0 Å². The van der Waals surface area contributed by atoms with Crippen LogP contribution in [0.1, 0.15) is 27.6 Å². The molecule has 2 aromatic carbocycles. The van der Waals surface area contributed by atoms with E-state index in [1.165, 1.54) is 39.2 Å². The smallest absolute Gasteiger partial charge is 0.255 e. The number of benzene rings is 2. The minimum atomic E-state index is -3.79. The highest BCUT2D eigenvalue weighted by atomic mass is 35.5. The molecule has 0 fully saturated rings. The number of hydrogen-bond donors (Lipinski definition) is 1. The molecule has 0 aliphatic rings. The Kier molecular flexibility index (Phi) is 5.62. The fourth-order valence-corrected chi connectivity index (χ4v) is 3.53. The number of rotatable bonds is 5. The Bertz CT molecular complexity index is 939. The molecule has 0 radical (unpaired) electrons. The molecule has 0 atom stereocenters. The standard InChI is InChI=1S/C17H17ClN2O4S/c1-11(21)13-6-4-5-7-15(13)19-17(22)12-8-9-14(18)16(10-12)25(23,24)20(2)3/h4-10H,1-3H3,(H,19,22). The Morgan fingerprint density at radius 3 is 2.32 bits per heavy atom. The van der Waals surface area contributed by atoms with Crippen LogP contribution in [0, 0.1) is 0 Å². The van der Waals surface area contributed by atoms with E-state index in [4.69, 9.17) is 11.6 Å². The van der Waals surface area contributed by atoms with E-state index in [9.17, 15) is 18.0 Å². The second-order valence-electron chi connectivity index (χ2n) is 5.49. The average Bonchev–Trinajstić information content (AvgIpc) is 2.55. The van der Waals surface area contributed by atoms with Crippen LogP contribution in [0.4, 0.5) is 5.69 Å². The summed E-state index contributed by atoms with van der Waals surface area (Å²) in [7, 11) is -1.04. The van der Waals surface area contributed by atoms with Crippen molar-refractivity contribution in [2.24, 2.45) is 0 Å². The second-order valence-corrected chi connectivity index (χ2v) is 8.02. The molecular formula is C17H17ClN2O4S. The Morgan fingerprint density at radius 2 is 1.72 bits per heavy atom. The van der Waals surface area contributed by atoms with E-state index in [-0.39, 0.29) is 21.3 Å². The summed E-state index contributed by atoms with van der Waals surface area (Å²) >= 11 is 5.97.